The van der Waals surface area contributed by atoms with Gasteiger partial charge >= 0.3 is 12.0 Å². The van der Waals surface area contributed by atoms with Crippen LogP contribution in [-0.4, -0.2) is 47.7 Å². The van der Waals surface area contributed by atoms with Crippen molar-refractivity contribution in [3.63, 3.8) is 0 Å². The standard InChI is InChI=1S/C27H29N5O4/c1-4-35-17-18-36-27-30-25(20-9-15-23(34-3)16-10-20)32(31-27)22-13-11-21(12-14-22)28-26(33)29-24-8-6-5-7-19(24)2/h5-16H,4,17-18H2,1-3H3,(H2,28,29,33). The molecule has 3 aromatic carbocycles. The fraction of sp³-hybridized carbons (Fsp3) is 0.222. The summed E-state index contributed by atoms with van der Waals surface area (Å²) < 4.78 is 18.0. The molecule has 0 radical (unpaired) electrons. The van der Waals surface area contributed by atoms with Crippen LogP contribution in [0, 0.1) is 6.92 Å². The van der Waals surface area contributed by atoms with Crippen LogP contribution in [-0.2, 0) is 4.74 Å². The molecule has 0 unspecified atom stereocenters. The van der Waals surface area contributed by atoms with Gasteiger partial charge in [0.2, 0.25) is 0 Å². The van der Waals surface area contributed by atoms with Crippen molar-refractivity contribution in [3.05, 3.63) is 78.4 Å². The van der Waals surface area contributed by atoms with Crippen molar-refractivity contribution in [2.24, 2.45) is 0 Å². The predicted molar refractivity (Wildman–Crippen MR) is 139 cm³/mol. The number of methoxy groups -OCH3 is 1. The quantitative estimate of drug-likeness (QED) is 0.294. The van der Waals surface area contributed by atoms with Crippen molar-refractivity contribution in [2.45, 2.75) is 13.8 Å². The van der Waals surface area contributed by atoms with Crippen LogP contribution in [0.3, 0.4) is 0 Å². The van der Waals surface area contributed by atoms with Gasteiger partial charge in [-0.25, -0.2) is 9.48 Å². The SMILES string of the molecule is CCOCCOc1nc(-c2ccc(OC)cc2)n(-c2ccc(NC(=O)Nc3ccccc3C)cc2)n1. The van der Waals surface area contributed by atoms with Gasteiger partial charge in [-0.1, -0.05) is 18.2 Å². The van der Waals surface area contributed by atoms with Gasteiger partial charge in [-0.05, 0) is 74.0 Å². The van der Waals surface area contributed by atoms with E-state index in [0.29, 0.717) is 31.3 Å². The van der Waals surface area contributed by atoms with E-state index >= 15 is 0 Å². The molecule has 0 aliphatic heterocycles. The Labute approximate surface area is 210 Å². The molecule has 0 fully saturated rings. The maximum atomic E-state index is 12.4. The number of aryl methyl sites for hydroxylation is 1. The summed E-state index contributed by atoms with van der Waals surface area (Å²) in [6.45, 7) is 5.29. The minimum atomic E-state index is -0.318. The predicted octanol–water partition coefficient (Wildman–Crippen LogP) is 5.31. The van der Waals surface area contributed by atoms with Crippen molar-refractivity contribution in [1.82, 2.24) is 14.8 Å². The summed E-state index contributed by atoms with van der Waals surface area (Å²) in [5.74, 6) is 1.36. The van der Waals surface area contributed by atoms with E-state index in [1.165, 1.54) is 0 Å². The second-order valence-electron chi connectivity index (χ2n) is 7.84. The highest BCUT2D eigenvalue weighted by Gasteiger charge is 2.15. The molecule has 9 nitrogen and oxygen atoms in total. The first-order chi connectivity index (χ1) is 17.6. The number of hydrogen-bond acceptors (Lipinski definition) is 6. The molecule has 0 bridgehead atoms. The summed E-state index contributed by atoms with van der Waals surface area (Å²) in [6.07, 6.45) is 0. The van der Waals surface area contributed by atoms with Gasteiger partial charge in [-0.15, -0.1) is 5.10 Å². The Morgan fingerprint density at radius 2 is 1.69 bits per heavy atom. The number of benzene rings is 3. The van der Waals surface area contributed by atoms with Gasteiger partial charge in [-0.3, -0.25) is 0 Å². The summed E-state index contributed by atoms with van der Waals surface area (Å²) in [5.41, 5.74) is 4.00. The Balaban J connectivity index is 1.53. The minimum absolute atomic E-state index is 0.250. The maximum Gasteiger partial charge on any atom is 0.336 e. The van der Waals surface area contributed by atoms with E-state index in [2.05, 4.69) is 20.7 Å². The summed E-state index contributed by atoms with van der Waals surface area (Å²) in [7, 11) is 1.62. The zero-order valence-electron chi connectivity index (χ0n) is 20.5. The maximum absolute atomic E-state index is 12.4. The molecule has 1 aromatic heterocycles. The Morgan fingerprint density at radius 3 is 2.39 bits per heavy atom. The van der Waals surface area contributed by atoms with Crippen molar-refractivity contribution in [3.8, 4) is 28.8 Å². The zero-order chi connectivity index (χ0) is 25.3. The average molecular weight is 488 g/mol. The molecule has 0 atom stereocenters. The number of nitrogens with zero attached hydrogens (tertiary/aromatic N) is 3. The average Bonchev–Trinajstić information content (AvgIpc) is 3.32. The van der Waals surface area contributed by atoms with E-state index in [0.717, 1.165) is 28.3 Å². The van der Waals surface area contributed by atoms with E-state index in [1.54, 1.807) is 11.8 Å². The molecule has 0 saturated heterocycles. The Morgan fingerprint density at radius 1 is 0.944 bits per heavy atom. The number of para-hydroxylation sites is 1. The molecular weight excluding hydrogens is 458 g/mol. The van der Waals surface area contributed by atoms with Gasteiger partial charge in [0.05, 0.1) is 19.4 Å². The molecular formula is C27H29N5O4. The molecule has 9 heteroatoms. The smallest absolute Gasteiger partial charge is 0.336 e. The van der Waals surface area contributed by atoms with Crippen LogP contribution in [0.4, 0.5) is 16.2 Å². The van der Waals surface area contributed by atoms with Crippen LogP contribution in [0.2, 0.25) is 0 Å². The second kappa shape index (κ2) is 11.9. The zero-order valence-corrected chi connectivity index (χ0v) is 20.5. The monoisotopic (exact) mass is 487 g/mol. The molecule has 0 saturated carbocycles. The number of anilines is 2. The Bertz CT molecular complexity index is 1290. The fourth-order valence-electron chi connectivity index (χ4n) is 3.48. The van der Waals surface area contributed by atoms with Crippen LogP contribution in [0.15, 0.2) is 72.8 Å². The van der Waals surface area contributed by atoms with Gasteiger partial charge in [0, 0.05) is 23.5 Å². The van der Waals surface area contributed by atoms with Gasteiger partial charge in [-0.2, -0.15) is 4.98 Å². The number of hydrogen-bond donors (Lipinski definition) is 2. The van der Waals surface area contributed by atoms with Crippen LogP contribution < -0.4 is 20.1 Å². The third-order valence-corrected chi connectivity index (χ3v) is 5.36. The van der Waals surface area contributed by atoms with Crippen LogP contribution in [0.5, 0.6) is 11.8 Å². The first-order valence-electron chi connectivity index (χ1n) is 11.6. The number of ether oxygens (including phenoxy) is 3. The molecule has 4 aromatic rings. The molecule has 2 N–H and O–H groups in total. The topological polar surface area (TPSA) is 99.5 Å². The van der Waals surface area contributed by atoms with Crippen LogP contribution in [0.1, 0.15) is 12.5 Å². The lowest BCUT2D eigenvalue weighted by atomic mass is 10.2. The molecule has 4 rings (SSSR count). The van der Waals surface area contributed by atoms with E-state index in [9.17, 15) is 4.79 Å². The normalized spacial score (nSPS) is 10.6. The third kappa shape index (κ3) is 6.19. The van der Waals surface area contributed by atoms with Gasteiger partial charge in [0.25, 0.3) is 0 Å². The summed E-state index contributed by atoms with van der Waals surface area (Å²) >= 11 is 0. The number of urea groups is 1. The van der Waals surface area contributed by atoms with E-state index in [1.807, 2.05) is 86.6 Å². The van der Waals surface area contributed by atoms with Crippen molar-refractivity contribution in [1.29, 1.82) is 0 Å². The molecule has 0 spiro atoms. The lowest BCUT2D eigenvalue weighted by Crippen LogP contribution is -2.19. The number of aromatic nitrogens is 3. The molecule has 0 aliphatic rings. The van der Waals surface area contributed by atoms with Crippen LogP contribution >= 0.6 is 0 Å². The number of amides is 2. The van der Waals surface area contributed by atoms with E-state index < -0.39 is 0 Å². The number of nitrogens with one attached hydrogen (secondary N) is 2. The molecule has 36 heavy (non-hydrogen) atoms. The van der Waals surface area contributed by atoms with E-state index in [-0.39, 0.29) is 12.0 Å². The number of carbonyl (C=O) groups is 1. The van der Waals surface area contributed by atoms with Crippen molar-refractivity contribution >= 4 is 17.4 Å². The minimum Gasteiger partial charge on any atom is -0.497 e. The summed E-state index contributed by atoms with van der Waals surface area (Å²) in [6, 6.07) is 22.4. The number of carbonyl (C=O) groups excluding carboxylic acids is 1. The highest BCUT2D eigenvalue weighted by atomic mass is 16.5. The van der Waals surface area contributed by atoms with Crippen LogP contribution in [0.25, 0.3) is 17.1 Å². The molecule has 186 valence electrons. The Hall–Kier alpha value is -4.37. The van der Waals surface area contributed by atoms with Crippen molar-refractivity contribution < 1.29 is 19.0 Å². The first-order valence-corrected chi connectivity index (χ1v) is 11.6. The molecule has 0 aliphatic carbocycles. The largest absolute Gasteiger partial charge is 0.497 e. The van der Waals surface area contributed by atoms with E-state index in [4.69, 9.17) is 14.2 Å². The highest BCUT2D eigenvalue weighted by molar-refractivity contribution is 6.00. The first kappa shape index (κ1) is 24.7. The van der Waals surface area contributed by atoms with Gasteiger partial charge in [0.1, 0.15) is 12.4 Å². The molecule has 1 heterocycles. The number of rotatable bonds is 10. The summed E-state index contributed by atoms with van der Waals surface area (Å²) in [4.78, 5) is 17.0. The third-order valence-electron chi connectivity index (χ3n) is 5.36. The highest BCUT2D eigenvalue weighted by Crippen LogP contribution is 2.26. The second-order valence-corrected chi connectivity index (χ2v) is 7.84. The summed E-state index contributed by atoms with van der Waals surface area (Å²) in [5, 5.41) is 10.3. The molecule has 2 amide bonds. The van der Waals surface area contributed by atoms with Crippen molar-refractivity contribution in [2.75, 3.05) is 37.6 Å². The fourth-order valence-corrected chi connectivity index (χ4v) is 3.48. The lowest BCUT2D eigenvalue weighted by Gasteiger charge is -2.11. The van der Waals surface area contributed by atoms with Gasteiger partial charge < -0.3 is 24.8 Å². The Kier molecular flexibility index (Phi) is 8.15. The lowest BCUT2D eigenvalue weighted by molar-refractivity contribution is 0.106. The van der Waals surface area contributed by atoms with Gasteiger partial charge in [0.15, 0.2) is 5.82 Å².